The predicted octanol–water partition coefficient (Wildman–Crippen LogP) is 2.30. The molecule has 4 heteroatoms. The molecule has 0 spiro atoms. The summed E-state index contributed by atoms with van der Waals surface area (Å²) in [5.74, 6) is -0.976. The van der Waals surface area contributed by atoms with Crippen molar-refractivity contribution in [2.24, 2.45) is 11.8 Å². The Balaban J connectivity index is 3.87. The second kappa shape index (κ2) is 9.42. The van der Waals surface area contributed by atoms with E-state index in [1.165, 1.54) is 0 Å². The van der Waals surface area contributed by atoms with Crippen LogP contribution in [0, 0.1) is 11.8 Å². The van der Waals surface area contributed by atoms with Crippen molar-refractivity contribution in [3.8, 4) is 0 Å². The van der Waals surface area contributed by atoms with E-state index >= 15 is 0 Å². The van der Waals surface area contributed by atoms with Gasteiger partial charge in [0.05, 0.1) is 18.6 Å². The van der Waals surface area contributed by atoms with E-state index < -0.39 is 18.0 Å². The number of rotatable bonds is 10. The van der Waals surface area contributed by atoms with E-state index in [2.05, 4.69) is 6.92 Å². The average Bonchev–Trinajstić information content (AvgIpc) is 2.22. The van der Waals surface area contributed by atoms with Gasteiger partial charge in [-0.15, -0.1) is 0 Å². The molecule has 17 heavy (non-hydrogen) atoms. The summed E-state index contributed by atoms with van der Waals surface area (Å²) < 4.78 is 5.28. The molecule has 0 saturated carbocycles. The molecule has 2 atom stereocenters. The fourth-order valence-electron chi connectivity index (χ4n) is 1.73. The van der Waals surface area contributed by atoms with E-state index in [-0.39, 0.29) is 13.0 Å². The Kier molecular flexibility index (Phi) is 9.09. The fourth-order valence-corrected chi connectivity index (χ4v) is 1.73. The van der Waals surface area contributed by atoms with E-state index in [9.17, 15) is 9.90 Å². The second-order valence-corrected chi connectivity index (χ2v) is 4.98. The van der Waals surface area contributed by atoms with Crippen LogP contribution in [0.2, 0.25) is 0 Å². The highest BCUT2D eigenvalue weighted by Gasteiger charge is 2.22. The van der Waals surface area contributed by atoms with Gasteiger partial charge in [0, 0.05) is 6.61 Å². The van der Waals surface area contributed by atoms with Crippen molar-refractivity contribution in [2.45, 2.75) is 52.6 Å². The first-order valence-electron chi connectivity index (χ1n) is 6.46. The Labute approximate surface area is 104 Å². The number of carbonyl (C=O) groups is 1. The standard InChI is InChI=1S/C13H26O4/c1-4-5-6-17-9-12(14)8-11(13(15)16)7-10(2)3/h10-12,14H,4-9H2,1-3H3,(H,15,16). The largest absolute Gasteiger partial charge is 0.481 e. The molecule has 0 aromatic heterocycles. The highest BCUT2D eigenvalue weighted by Crippen LogP contribution is 2.17. The molecule has 0 aromatic rings. The molecule has 2 N–H and O–H groups in total. The average molecular weight is 246 g/mol. The summed E-state index contributed by atoms with van der Waals surface area (Å²) in [6.07, 6.45) is 2.23. The molecule has 0 aromatic carbocycles. The van der Waals surface area contributed by atoms with Crippen LogP contribution < -0.4 is 0 Å². The zero-order valence-corrected chi connectivity index (χ0v) is 11.2. The fraction of sp³-hybridized carbons (Fsp3) is 0.923. The summed E-state index contributed by atoms with van der Waals surface area (Å²) in [5.41, 5.74) is 0. The molecule has 4 nitrogen and oxygen atoms in total. The Morgan fingerprint density at radius 2 is 1.94 bits per heavy atom. The van der Waals surface area contributed by atoms with Crippen LogP contribution in [0.15, 0.2) is 0 Å². The second-order valence-electron chi connectivity index (χ2n) is 4.98. The van der Waals surface area contributed by atoms with Gasteiger partial charge >= 0.3 is 5.97 Å². The number of ether oxygens (including phenoxy) is 1. The molecule has 0 aliphatic carbocycles. The molecule has 0 saturated heterocycles. The minimum atomic E-state index is -0.827. The van der Waals surface area contributed by atoms with Crippen molar-refractivity contribution < 1.29 is 19.7 Å². The van der Waals surface area contributed by atoms with Gasteiger partial charge in [-0.1, -0.05) is 27.2 Å². The van der Waals surface area contributed by atoms with E-state index in [0.717, 1.165) is 12.8 Å². The molecular weight excluding hydrogens is 220 g/mol. The van der Waals surface area contributed by atoms with Crippen molar-refractivity contribution in [1.82, 2.24) is 0 Å². The molecule has 0 amide bonds. The number of aliphatic hydroxyl groups is 1. The summed E-state index contributed by atoms with van der Waals surface area (Å²) >= 11 is 0. The Morgan fingerprint density at radius 3 is 2.41 bits per heavy atom. The maximum absolute atomic E-state index is 11.0. The number of aliphatic carboxylic acids is 1. The van der Waals surface area contributed by atoms with Gasteiger partial charge in [0.1, 0.15) is 0 Å². The van der Waals surface area contributed by atoms with Gasteiger partial charge in [-0.2, -0.15) is 0 Å². The molecular formula is C13H26O4. The third kappa shape index (κ3) is 9.12. The molecule has 0 rings (SSSR count). The maximum atomic E-state index is 11.0. The highest BCUT2D eigenvalue weighted by molar-refractivity contribution is 5.69. The summed E-state index contributed by atoms with van der Waals surface area (Å²) in [6, 6.07) is 0. The molecule has 0 fully saturated rings. The van der Waals surface area contributed by atoms with Crippen LogP contribution in [0.1, 0.15) is 46.5 Å². The monoisotopic (exact) mass is 246 g/mol. The first-order valence-corrected chi connectivity index (χ1v) is 6.46. The van der Waals surface area contributed by atoms with Crippen LogP contribution in [-0.2, 0) is 9.53 Å². The smallest absolute Gasteiger partial charge is 0.306 e. The van der Waals surface area contributed by atoms with Crippen LogP contribution in [0.3, 0.4) is 0 Å². The number of carboxylic acid groups (broad SMARTS) is 1. The molecule has 2 unspecified atom stereocenters. The maximum Gasteiger partial charge on any atom is 0.306 e. The van der Waals surface area contributed by atoms with Gasteiger partial charge in [0.2, 0.25) is 0 Å². The third-order valence-electron chi connectivity index (χ3n) is 2.61. The van der Waals surface area contributed by atoms with Crippen molar-refractivity contribution in [2.75, 3.05) is 13.2 Å². The van der Waals surface area contributed by atoms with Crippen molar-refractivity contribution in [3.63, 3.8) is 0 Å². The lowest BCUT2D eigenvalue weighted by Crippen LogP contribution is -2.25. The van der Waals surface area contributed by atoms with E-state index in [0.29, 0.717) is 18.9 Å². The number of hydrogen-bond donors (Lipinski definition) is 2. The lowest BCUT2D eigenvalue weighted by Gasteiger charge is -2.18. The molecule has 0 radical (unpaired) electrons. The van der Waals surface area contributed by atoms with Crippen molar-refractivity contribution in [3.05, 3.63) is 0 Å². The predicted molar refractivity (Wildman–Crippen MR) is 66.9 cm³/mol. The topological polar surface area (TPSA) is 66.8 Å². The summed E-state index contributed by atoms with van der Waals surface area (Å²) in [5, 5.41) is 18.7. The van der Waals surface area contributed by atoms with Gasteiger partial charge in [0.15, 0.2) is 0 Å². The highest BCUT2D eigenvalue weighted by atomic mass is 16.5. The number of unbranched alkanes of at least 4 members (excludes halogenated alkanes) is 1. The summed E-state index contributed by atoms with van der Waals surface area (Å²) in [4.78, 5) is 11.0. The van der Waals surface area contributed by atoms with Crippen LogP contribution >= 0.6 is 0 Å². The van der Waals surface area contributed by atoms with Gasteiger partial charge in [-0.05, 0) is 25.2 Å². The third-order valence-corrected chi connectivity index (χ3v) is 2.61. The Hall–Kier alpha value is -0.610. The minimum absolute atomic E-state index is 0.238. The van der Waals surface area contributed by atoms with E-state index in [1.807, 2.05) is 13.8 Å². The number of carboxylic acids is 1. The molecule has 0 aliphatic rings. The van der Waals surface area contributed by atoms with Crippen molar-refractivity contribution >= 4 is 5.97 Å². The normalized spacial score (nSPS) is 14.9. The van der Waals surface area contributed by atoms with Crippen LogP contribution in [0.25, 0.3) is 0 Å². The Bertz CT molecular complexity index is 204. The van der Waals surface area contributed by atoms with E-state index in [4.69, 9.17) is 9.84 Å². The molecule has 102 valence electrons. The zero-order valence-electron chi connectivity index (χ0n) is 11.2. The van der Waals surface area contributed by atoms with Gasteiger partial charge in [0.25, 0.3) is 0 Å². The van der Waals surface area contributed by atoms with Crippen LogP contribution in [0.4, 0.5) is 0 Å². The van der Waals surface area contributed by atoms with Crippen LogP contribution in [-0.4, -0.2) is 35.5 Å². The molecule has 0 heterocycles. The lowest BCUT2D eigenvalue weighted by molar-refractivity contribution is -0.143. The molecule has 0 bridgehead atoms. The number of aliphatic hydroxyl groups excluding tert-OH is 1. The van der Waals surface area contributed by atoms with Gasteiger partial charge in [-0.25, -0.2) is 0 Å². The van der Waals surface area contributed by atoms with Gasteiger partial charge in [-0.3, -0.25) is 4.79 Å². The van der Waals surface area contributed by atoms with E-state index in [1.54, 1.807) is 0 Å². The SMILES string of the molecule is CCCCOCC(O)CC(CC(C)C)C(=O)O. The first kappa shape index (κ1) is 16.4. The quantitative estimate of drug-likeness (QED) is 0.580. The van der Waals surface area contributed by atoms with Crippen molar-refractivity contribution in [1.29, 1.82) is 0 Å². The van der Waals surface area contributed by atoms with Gasteiger partial charge < -0.3 is 14.9 Å². The number of hydrogen-bond acceptors (Lipinski definition) is 3. The minimum Gasteiger partial charge on any atom is -0.481 e. The Morgan fingerprint density at radius 1 is 1.29 bits per heavy atom. The molecule has 0 aliphatic heterocycles. The van der Waals surface area contributed by atoms with Crippen LogP contribution in [0.5, 0.6) is 0 Å². The summed E-state index contributed by atoms with van der Waals surface area (Å²) in [7, 11) is 0. The first-order chi connectivity index (χ1) is 7.97. The lowest BCUT2D eigenvalue weighted by atomic mass is 9.92. The zero-order chi connectivity index (χ0) is 13.3. The summed E-state index contributed by atoms with van der Waals surface area (Å²) in [6.45, 7) is 6.92.